The van der Waals surface area contributed by atoms with Gasteiger partial charge in [-0.05, 0) is 36.0 Å². The molecule has 3 atom stereocenters. The SMILES string of the molecule is CC1CC(C)CN(CC(Cl)c2ccc(N(C)C)cc2)C1. The van der Waals surface area contributed by atoms with Crippen molar-refractivity contribution in [2.24, 2.45) is 11.8 Å². The van der Waals surface area contributed by atoms with Crippen LogP contribution >= 0.6 is 11.6 Å². The van der Waals surface area contributed by atoms with Crippen molar-refractivity contribution in [3.8, 4) is 0 Å². The van der Waals surface area contributed by atoms with E-state index in [1.807, 2.05) is 0 Å². The third kappa shape index (κ3) is 4.13. The number of nitrogens with zero attached hydrogens (tertiary/aromatic N) is 2. The Morgan fingerprint density at radius 2 is 1.70 bits per heavy atom. The lowest BCUT2D eigenvalue weighted by Gasteiger charge is -2.36. The van der Waals surface area contributed by atoms with Gasteiger partial charge in [-0.3, -0.25) is 0 Å². The van der Waals surface area contributed by atoms with Crippen molar-refractivity contribution in [1.29, 1.82) is 0 Å². The first-order valence-corrected chi connectivity index (χ1v) is 8.03. The molecule has 20 heavy (non-hydrogen) atoms. The highest BCUT2D eigenvalue weighted by Gasteiger charge is 2.23. The predicted molar refractivity (Wildman–Crippen MR) is 88.7 cm³/mol. The van der Waals surface area contributed by atoms with Gasteiger partial charge in [0.15, 0.2) is 0 Å². The second-order valence-electron chi connectivity index (χ2n) is 6.62. The van der Waals surface area contributed by atoms with E-state index in [0.717, 1.165) is 18.4 Å². The third-order valence-electron chi connectivity index (χ3n) is 4.13. The quantitative estimate of drug-likeness (QED) is 0.774. The smallest absolute Gasteiger partial charge is 0.0712 e. The van der Waals surface area contributed by atoms with Crippen molar-refractivity contribution in [2.75, 3.05) is 38.6 Å². The number of alkyl halides is 1. The van der Waals surface area contributed by atoms with Crippen molar-refractivity contribution < 1.29 is 0 Å². The molecule has 0 N–H and O–H groups in total. The molecule has 3 heteroatoms. The van der Waals surface area contributed by atoms with E-state index in [4.69, 9.17) is 11.6 Å². The summed E-state index contributed by atoms with van der Waals surface area (Å²) >= 11 is 6.61. The van der Waals surface area contributed by atoms with Crippen LogP contribution in [0.5, 0.6) is 0 Å². The molecule has 3 unspecified atom stereocenters. The van der Waals surface area contributed by atoms with Gasteiger partial charge in [0, 0.05) is 39.4 Å². The number of benzene rings is 1. The number of halogens is 1. The minimum Gasteiger partial charge on any atom is -0.378 e. The fourth-order valence-electron chi connectivity index (χ4n) is 3.25. The lowest BCUT2D eigenvalue weighted by molar-refractivity contribution is 0.141. The van der Waals surface area contributed by atoms with Crippen molar-refractivity contribution in [2.45, 2.75) is 25.6 Å². The molecule has 0 aromatic heterocycles. The van der Waals surface area contributed by atoms with Crippen LogP contribution in [-0.2, 0) is 0 Å². The molecule has 1 fully saturated rings. The normalized spacial score (nSPS) is 25.4. The summed E-state index contributed by atoms with van der Waals surface area (Å²) in [7, 11) is 4.12. The van der Waals surface area contributed by atoms with E-state index in [0.29, 0.717) is 0 Å². The maximum absolute atomic E-state index is 6.61. The predicted octanol–water partition coefficient (Wildman–Crippen LogP) is 4.01. The molecule has 0 radical (unpaired) electrons. The standard InChI is InChI=1S/C17H27ClN2/c1-13-9-14(2)11-20(10-13)12-17(18)15-5-7-16(8-6-15)19(3)4/h5-8,13-14,17H,9-12H2,1-4H3. The van der Waals surface area contributed by atoms with Gasteiger partial charge < -0.3 is 9.80 Å². The van der Waals surface area contributed by atoms with Crippen LogP contribution in [0, 0.1) is 11.8 Å². The highest BCUT2D eigenvalue weighted by Crippen LogP contribution is 2.27. The van der Waals surface area contributed by atoms with Crippen LogP contribution in [0.2, 0.25) is 0 Å². The van der Waals surface area contributed by atoms with Crippen LogP contribution in [0.25, 0.3) is 0 Å². The summed E-state index contributed by atoms with van der Waals surface area (Å²) in [5.41, 5.74) is 2.45. The van der Waals surface area contributed by atoms with E-state index < -0.39 is 0 Å². The summed E-state index contributed by atoms with van der Waals surface area (Å²) in [6.45, 7) is 8.01. The number of hydrogen-bond donors (Lipinski definition) is 0. The molecule has 1 aliphatic rings. The van der Waals surface area contributed by atoms with Crippen LogP contribution in [-0.4, -0.2) is 38.6 Å². The molecule has 1 aromatic rings. The van der Waals surface area contributed by atoms with E-state index in [2.05, 4.69) is 62.0 Å². The molecule has 2 rings (SSSR count). The zero-order valence-corrected chi connectivity index (χ0v) is 13.9. The lowest BCUT2D eigenvalue weighted by Crippen LogP contribution is -2.40. The Morgan fingerprint density at radius 3 is 2.20 bits per heavy atom. The molecule has 0 bridgehead atoms. The largest absolute Gasteiger partial charge is 0.378 e. The number of hydrogen-bond acceptors (Lipinski definition) is 2. The Hall–Kier alpha value is -0.730. The maximum atomic E-state index is 6.61. The first-order valence-electron chi connectivity index (χ1n) is 7.59. The van der Waals surface area contributed by atoms with Crippen molar-refractivity contribution in [3.63, 3.8) is 0 Å². The number of piperidine rings is 1. The minimum absolute atomic E-state index is 0.0868. The molecule has 2 nitrogen and oxygen atoms in total. The molecule has 0 saturated carbocycles. The molecular weight excluding hydrogens is 268 g/mol. The van der Waals surface area contributed by atoms with Gasteiger partial charge in [0.25, 0.3) is 0 Å². The van der Waals surface area contributed by atoms with E-state index in [1.165, 1.54) is 30.8 Å². The average molecular weight is 295 g/mol. The zero-order valence-electron chi connectivity index (χ0n) is 13.1. The Morgan fingerprint density at radius 1 is 1.15 bits per heavy atom. The Bertz CT molecular complexity index is 406. The molecule has 1 aliphatic heterocycles. The van der Waals surface area contributed by atoms with Gasteiger partial charge in [0.1, 0.15) is 0 Å². The molecule has 0 aliphatic carbocycles. The van der Waals surface area contributed by atoms with Gasteiger partial charge >= 0.3 is 0 Å². The van der Waals surface area contributed by atoms with Gasteiger partial charge in [-0.15, -0.1) is 11.6 Å². The minimum atomic E-state index is 0.0868. The summed E-state index contributed by atoms with van der Waals surface area (Å²) in [5.74, 6) is 1.58. The molecule has 1 aromatic carbocycles. The molecule has 112 valence electrons. The highest BCUT2D eigenvalue weighted by molar-refractivity contribution is 6.21. The van der Waals surface area contributed by atoms with Gasteiger partial charge in [-0.1, -0.05) is 26.0 Å². The second-order valence-corrected chi connectivity index (χ2v) is 7.14. The first kappa shape index (κ1) is 15.7. The molecule has 0 amide bonds. The monoisotopic (exact) mass is 294 g/mol. The van der Waals surface area contributed by atoms with E-state index in [-0.39, 0.29) is 5.38 Å². The third-order valence-corrected chi connectivity index (χ3v) is 4.52. The van der Waals surface area contributed by atoms with E-state index in [1.54, 1.807) is 0 Å². The van der Waals surface area contributed by atoms with Crippen molar-refractivity contribution in [1.82, 2.24) is 4.90 Å². The van der Waals surface area contributed by atoms with Crippen LogP contribution in [0.1, 0.15) is 31.2 Å². The summed E-state index contributed by atoms with van der Waals surface area (Å²) in [5, 5.41) is 0.0868. The summed E-state index contributed by atoms with van der Waals surface area (Å²) in [6.07, 6.45) is 1.35. The summed E-state index contributed by atoms with van der Waals surface area (Å²) in [4.78, 5) is 4.64. The maximum Gasteiger partial charge on any atom is 0.0712 e. The highest BCUT2D eigenvalue weighted by atomic mass is 35.5. The van der Waals surface area contributed by atoms with E-state index >= 15 is 0 Å². The Kier molecular flexibility index (Phi) is 5.34. The topological polar surface area (TPSA) is 6.48 Å². The van der Waals surface area contributed by atoms with Gasteiger partial charge in [0.05, 0.1) is 5.38 Å². The number of anilines is 1. The summed E-state index contributed by atoms with van der Waals surface area (Å²) in [6, 6.07) is 8.60. The van der Waals surface area contributed by atoms with Crippen LogP contribution in [0.4, 0.5) is 5.69 Å². The van der Waals surface area contributed by atoms with Crippen LogP contribution < -0.4 is 4.90 Å². The molecule has 1 heterocycles. The number of likely N-dealkylation sites (tertiary alicyclic amines) is 1. The number of rotatable bonds is 4. The van der Waals surface area contributed by atoms with Crippen molar-refractivity contribution in [3.05, 3.63) is 29.8 Å². The van der Waals surface area contributed by atoms with Crippen molar-refractivity contribution >= 4 is 17.3 Å². The van der Waals surface area contributed by atoms with Gasteiger partial charge in [-0.2, -0.15) is 0 Å². The lowest BCUT2D eigenvalue weighted by atomic mass is 9.91. The Labute approximate surface area is 128 Å². The van der Waals surface area contributed by atoms with Crippen LogP contribution in [0.3, 0.4) is 0 Å². The van der Waals surface area contributed by atoms with Gasteiger partial charge in [-0.25, -0.2) is 0 Å². The first-order chi connectivity index (χ1) is 9.45. The van der Waals surface area contributed by atoms with Crippen LogP contribution in [0.15, 0.2) is 24.3 Å². The fourth-order valence-corrected chi connectivity index (χ4v) is 3.60. The molecule has 0 spiro atoms. The van der Waals surface area contributed by atoms with Gasteiger partial charge in [0.2, 0.25) is 0 Å². The molecule has 1 saturated heterocycles. The average Bonchev–Trinajstić information content (AvgIpc) is 2.37. The second kappa shape index (κ2) is 6.82. The Balaban J connectivity index is 1.95. The summed E-state index contributed by atoms with van der Waals surface area (Å²) < 4.78 is 0. The fraction of sp³-hybridized carbons (Fsp3) is 0.647. The van der Waals surface area contributed by atoms with E-state index in [9.17, 15) is 0 Å². The zero-order chi connectivity index (χ0) is 14.7. The molecular formula is C17H27ClN2.